The smallest absolute Gasteiger partial charge is 0.433 e. The molecule has 0 saturated heterocycles. The summed E-state index contributed by atoms with van der Waals surface area (Å²) in [5.41, 5.74) is -2.52. The summed E-state index contributed by atoms with van der Waals surface area (Å²) in [5, 5.41) is 10.4. The van der Waals surface area contributed by atoms with E-state index in [2.05, 4.69) is 4.98 Å². The fraction of sp³-hybridized carbons (Fsp3) is 0.0556. The fourth-order valence-electron chi connectivity index (χ4n) is 2.57. The number of hydrogen-bond donors (Lipinski definition) is 1. The molecule has 3 aromatic rings. The van der Waals surface area contributed by atoms with E-state index in [1.54, 1.807) is 0 Å². The van der Waals surface area contributed by atoms with Crippen molar-refractivity contribution in [3.63, 3.8) is 0 Å². The molecular formula is C18H6Cl6F3NO. The molecule has 0 atom stereocenters. The van der Waals surface area contributed by atoms with E-state index in [1.807, 2.05) is 0 Å². The van der Waals surface area contributed by atoms with Crippen LogP contribution in [0, 0.1) is 0 Å². The standard InChI is InChI=1S/C18H6Cl6F3NO/c19-7-1-3-9(21)14(23)12(7)6-5-11(18(25,26)27)28-16(17(6)29)13-8(20)2-4-10(22)15(13)24/h1-5,29H. The molecule has 1 heterocycles. The molecule has 0 unspecified atom stereocenters. The summed E-state index contributed by atoms with van der Waals surface area (Å²) in [5.74, 6) is -0.685. The summed E-state index contributed by atoms with van der Waals surface area (Å²) in [6.07, 6.45) is -4.87. The van der Waals surface area contributed by atoms with Crippen LogP contribution in [0.3, 0.4) is 0 Å². The van der Waals surface area contributed by atoms with Crippen molar-refractivity contribution in [2.75, 3.05) is 0 Å². The molecule has 0 aliphatic rings. The molecule has 0 aliphatic carbocycles. The highest BCUT2D eigenvalue weighted by Gasteiger charge is 2.36. The van der Waals surface area contributed by atoms with Crippen LogP contribution in [0.15, 0.2) is 30.3 Å². The lowest BCUT2D eigenvalue weighted by atomic mass is 10.00. The number of pyridine rings is 1. The number of nitrogens with zero attached hydrogens (tertiary/aromatic N) is 1. The van der Waals surface area contributed by atoms with E-state index in [0.717, 1.165) is 0 Å². The number of halogens is 9. The van der Waals surface area contributed by atoms with Gasteiger partial charge in [-0.05, 0) is 30.3 Å². The second-order valence-corrected chi connectivity index (χ2v) is 8.07. The van der Waals surface area contributed by atoms with Gasteiger partial charge in [0.1, 0.15) is 17.1 Å². The minimum absolute atomic E-state index is 0.00467. The quantitative estimate of drug-likeness (QED) is 0.341. The SMILES string of the molecule is Oc1c(-c2c(Cl)ccc(Cl)c2Cl)cc(C(F)(F)F)nc1-c1c(Cl)ccc(Cl)c1Cl. The molecule has 0 fully saturated rings. The van der Waals surface area contributed by atoms with Crippen LogP contribution in [-0.4, -0.2) is 10.1 Å². The Kier molecular flexibility index (Phi) is 6.40. The zero-order valence-electron chi connectivity index (χ0n) is 13.7. The molecular weight excluding hydrogens is 516 g/mol. The van der Waals surface area contributed by atoms with E-state index < -0.39 is 23.3 Å². The second kappa shape index (κ2) is 8.22. The summed E-state index contributed by atoms with van der Waals surface area (Å²) in [7, 11) is 0. The number of hydrogen-bond acceptors (Lipinski definition) is 2. The van der Waals surface area contributed by atoms with E-state index in [1.165, 1.54) is 24.3 Å². The second-order valence-electron chi connectivity index (χ2n) is 5.69. The maximum absolute atomic E-state index is 13.5. The first-order chi connectivity index (χ1) is 13.4. The third-order valence-corrected chi connectivity index (χ3v) is 6.12. The van der Waals surface area contributed by atoms with Crippen LogP contribution in [0.25, 0.3) is 22.4 Å². The van der Waals surface area contributed by atoms with Gasteiger partial charge in [-0.3, -0.25) is 0 Å². The molecule has 29 heavy (non-hydrogen) atoms. The van der Waals surface area contributed by atoms with Gasteiger partial charge in [-0.1, -0.05) is 69.6 Å². The maximum Gasteiger partial charge on any atom is 0.433 e. The highest BCUT2D eigenvalue weighted by Crippen LogP contribution is 2.49. The predicted molar refractivity (Wildman–Crippen MR) is 112 cm³/mol. The van der Waals surface area contributed by atoms with Crippen molar-refractivity contribution in [2.45, 2.75) is 6.18 Å². The molecule has 0 saturated carbocycles. The molecule has 152 valence electrons. The van der Waals surface area contributed by atoms with Crippen molar-refractivity contribution in [3.8, 4) is 28.1 Å². The van der Waals surface area contributed by atoms with Gasteiger partial charge in [0, 0.05) is 16.7 Å². The molecule has 3 rings (SSSR count). The Morgan fingerprint density at radius 2 is 1.17 bits per heavy atom. The highest BCUT2D eigenvalue weighted by atomic mass is 35.5. The van der Waals surface area contributed by atoms with Crippen LogP contribution in [0.5, 0.6) is 5.75 Å². The monoisotopic (exact) mass is 519 g/mol. The Labute approximate surface area is 192 Å². The average molecular weight is 522 g/mol. The first kappa shape index (κ1) is 22.6. The van der Waals surface area contributed by atoms with Gasteiger partial charge in [-0.15, -0.1) is 0 Å². The first-order valence-electron chi connectivity index (χ1n) is 7.52. The van der Waals surface area contributed by atoms with Crippen LogP contribution in [0.4, 0.5) is 13.2 Å². The Balaban J connectivity index is 2.47. The molecule has 0 spiro atoms. The summed E-state index contributed by atoms with van der Waals surface area (Å²) in [4.78, 5) is 3.52. The van der Waals surface area contributed by atoms with Crippen LogP contribution >= 0.6 is 69.6 Å². The molecule has 2 nitrogen and oxygen atoms in total. The summed E-state index contributed by atoms with van der Waals surface area (Å²) in [6, 6.07) is 5.97. The normalized spacial score (nSPS) is 11.8. The highest BCUT2D eigenvalue weighted by molar-refractivity contribution is 6.47. The van der Waals surface area contributed by atoms with Crippen molar-refractivity contribution < 1.29 is 18.3 Å². The molecule has 0 radical (unpaired) electrons. The molecule has 2 aromatic carbocycles. The van der Waals surface area contributed by atoms with Crippen molar-refractivity contribution in [1.29, 1.82) is 0 Å². The van der Waals surface area contributed by atoms with Gasteiger partial charge in [0.2, 0.25) is 0 Å². The first-order valence-corrected chi connectivity index (χ1v) is 9.79. The zero-order valence-corrected chi connectivity index (χ0v) is 18.2. The Bertz CT molecular complexity index is 1060. The topological polar surface area (TPSA) is 33.1 Å². The summed E-state index contributed by atoms with van der Waals surface area (Å²) >= 11 is 36.5. The molecule has 0 bridgehead atoms. The van der Waals surface area contributed by atoms with Crippen molar-refractivity contribution in [3.05, 3.63) is 66.2 Å². The van der Waals surface area contributed by atoms with Gasteiger partial charge in [-0.25, -0.2) is 4.98 Å². The number of rotatable bonds is 2. The largest absolute Gasteiger partial charge is 0.505 e. The van der Waals surface area contributed by atoms with E-state index >= 15 is 0 Å². The Morgan fingerprint density at radius 1 is 0.724 bits per heavy atom. The molecule has 1 aromatic heterocycles. The van der Waals surface area contributed by atoms with Crippen molar-refractivity contribution in [1.82, 2.24) is 4.98 Å². The lowest BCUT2D eigenvalue weighted by Crippen LogP contribution is -2.09. The van der Waals surface area contributed by atoms with Gasteiger partial charge >= 0.3 is 6.18 Å². The maximum atomic E-state index is 13.5. The molecule has 11 heteroatoms. The zero-order chi connectivity index (χ0) is 21.7. The van der Waals surface area contributed by atoms with Gasteiger partial charge in [0.05, 0.1) is 30.1 Å². The third-order valence-electron chi connectivity index (χ3n) is 3.88. The number of aromatic nitrogens is 1. The van der Waals surface area contributed by atoms with E-state index in [0.29, 0.717) is 6.07 Å². The van der Waals surface area contributed by atoms with Crippen molar-refractivity contribution in [2.24, 2.45) is 0 Å². The van der Waals surface area contributed by atoms with E-state index in [-0.39, 0.29) is 46.8 Å². The minimum atomic E-state index is -4.87. The number of benzene rings is 2. The van der Waals surface area contributed by atoms with Crippen molar-refractivity contribution >= 4 is 69.6 Å². The third kappa shape index (κ3) is 4.22. The lowest BCUT2D eigenvalue weighted by molar-refractivity contribution is -0.141. The Morgan fingerprint density at radius 3 is 1.69 bits per heavy atom. The molecule has 1 N–H and O–H groups in total. The average Bonchev–Trinajstić information content (AvgIpc) is 2.63. The van der Waals surface area contributed by atoms with Gasteiger partial charge in [0.25, 0.3) is 0 Å². The van der Waals surface area contributed by atoms with Crippen LogP contribution in [0.1, 0.15) is 5.69 Å². The van der Waals surface area contributed by atoms with Crippen LogP contribution < -0.4 is 0 Å². The lowest BCUT2D eigenvalue weighted by Gasteiger charge is -2.18. The molecule has 0 aliphatic heterocycles. The Hall–Kier alpha value is -1.08. The van der Waals surface area contributed by atoms with Gasteiger partial charge in [0.15, 0.2) is 0 Å². The van der Waals surface area contributed by atoms with E-state index in [9.17, 15) is 18.3 Å². The fourth-order valence-corrected chi connectivity index (χ4v) is 4.01. The number of aromatic hydroxyl groups is 1. The van der Waals surface area contributed by atoms with Crippen LogP contribution in [-0.2, 0) is 6.18 Å². The summed E-state index contributed by atoms with van der Waals surface area (Å²) < 4.78 is 40.6. The van der Waals surface area contributed by atoms with E-state index in [4.69, 9.17) is 69.6 Å². The number of alkyl halides is 3. The summed E-state index contributed by atoms with van der Waals surface area (Å²) in [6.45, 7) is 0. The minimum Gasteiger partial charge on any atom is -0.505 e. The van der Waals surface area contributed by atoms with Gasteiger partial charge in [-0.2, -0.15) is 13.2 Å². The molecule has 0 amide bonds. The van der Waals surface area contributed by atoms with Gasteiger partial charge < -0.3 is 5.11 Å². The predicted octanol–water partition coefficient (Wildman–Crippen LogP) is 9.06. The van der Waals surface area contributed by atoms with Crippen LogP contribution in [0.2, 0.25) is 30.1 Å².